The molecule has 2 heterocycles. The summed E-state index contributed by atoms with van der Waals surface area (Å²) >= 11 is 0. The minimum atomic E-state index is 0.287. The molecular weight excluding hydrogens is 572 g/mol. The summed E-state index contributed by atoms with van der Waals surface area (Å²) in [6.07, 6.45) is 10.9. The van der Waals surface area contributed by atoms with Gasteiger partial charge in [-0.2, -0.15) is 0 Å². The van der Waals surface area contributed by atoms with Crippen LogP contribution < -0.4 is 0 Å². The lowest BCUT2D eigenvalue weighted by atomic mass is 9.81. The predicted octanol–water partition coefficient (Wildman–Crippen LogP) is 8.01. The van der Waals surface area contributed by atoms with E-state index in [1.54, 1.807) is 7.11 Å². The average molecular weight is 629 g/mol. The topological polar surface area (TPSA) is 79.9 Å². The smallest absolute Gasteiger partial charge is 0.0904 e. The lowest BCUT2D eigenvalue weighted by molar-refractivity contribution is 0.0708. The molecule has 0 amide bonds. The van der Waals surface area contributed by atoms with Crippen molar-refractivity contribution >= 4 is 0 Å². The zero-order chi connectivity index (χ0) is 32.7. The molecule has 2 unspecified atom stereocenters. The number of nitrogens with zero attached hydrogens (tertiary/aromatic N) is 6. The fourth-order valence-corrected chi connectivity index (χ4v) is 6.64. The highest BCUT2D eigenvalue weighted by Gasteiger charge is 2.23. The van der Waals surface area contributed by atoms with Crippen LogP contribution in [0, 0.1) is 23.7 Å². The molecule has 1 aliphatic carbocycles. The van der Waals surface area contributed by atoms with Crippen molar-refractivity contribution in [2.24, 2.45) is 23.7 Å². The third-order valence-corrected chi connectivity index (χ3v) is 9.29. The first-order valence-corrected chi connectivity index (χ1v) is 17.4. The van der Waals surface area contributed by atoms with Crippen molar-refractivity contribution in [1.82, 2.24) is 30.0 Å². The highest BCUT2D eigenvalue weighted by molar-refractivity contribution is 5.28. The van der Waals surface area contributed by atoms with Gasteiger partial charge in [-0.05, 0) is 47.6 Å². The van der Waals surface area contributed by atoms with E-state index < -0.39 is 0 Å². The second-order valence-corrected chi connectivity index (χ2v) is 13.4. The molecule has 8 heteroatoms. The molecule has 0 N–H and O–H groups in total. The second-order valence-electron chi connectivity index (χ2n) is 13.4. The molecule has 1 aliphatic rings. The van der Waals surface area contributed by atoms with Gasteiger partial charge in [0.1, 0.15) is 0 Å². The first-order valence-electron chi connectivity index (χ1n) is 17.4. The van der Waals surface area contributed by atoms with Crippen molar-refractivity contribution in [2.75, 3.05) is 26.9 Å². The van der Waals surface area contributed by atoms with Gasteiger partial charge in [0, 0.05) is 37.9 Å². The number of benzene rings is 2. The number of rotatable bonds is 15. The van der Waals surface area contributed by atoms with Crippen molar-refractivity contribution in [1.29, 1.82) is 0 Å². The highest BCUT2D eigenvalue weighted by atomic mass is 16.5. The van der Waals surface area contributed by atoms with Crippen LogP contribution in [0.2, 0.25) is 0 Å². The van der Waals surface area contributed by atoms with E-state index in [0.717, 1.165) is 42.9 Å². The quantitative estimate of drug-likeness (QED) is 0.124. The Balaban J connectivity index is 0.000000222. The van der Waals surface area contributed by atoms with E-state index in [0.29, 0.717) is 25.0 Å². The molecule has 5 rings (SSSR count). The summed E-state index contributed by atoms with van der Waals surface area (Å²) in [6.45, 7) is 15.0. The standard InChI is InChI=1S/C23H35N3O.C15H21N3O/c1-4-19-10-12-20(13-11-19)17-27-15-14-26-16-22(24-25-26)23(18(2)3)21-8-6-5-7-9-21;1-12(2)15(13-7-5-4-6-8-13)14-11-18(17-16-14)9-10-19-3/h5-9,16,18-20,23H,4,10-15,17H2,1-3H3;4-8,11-12,15H,9-10H2,1-3H3. The summed E-state index contributed by atoms with van der Waals surface area (Å²) in [7, 11) is 1.69. The van der Waals surface area contributed by atoms with Crippen LogP contribution in [0.5, 0.6) is 0 Å². The van der Waals surface area contributed by atoms with Gasteiger partial charge in [-0.25, -0.2) is 9.36 Å². The molecule has 46 heavy (non-hydrogen) atoms. The van der Waals surface area contributed by atoms with E-state index in [2.05, 4.69) is 116 Å². The number of aromatic nitrogens is 6. The molecule has 1 saturated carbocycles. The molecule has 0 spiro atoms. The number of hydrogen-bond donors (Lipinski definition) is 0. The van der Waals surface area contributed by atoms with E-state index in [1.165, 1.54) is 43.2 Å². The van der Waals surface area contributed by atoms with Crippen molar-refractivity contribution in [3.8, 4) is 0 Å². The van der Waals surface area contributed by atoms with Crippen molar-refractivity contribution < 1.29 is 9.47 Å². The predicted molar refractivity (Wildman–Crippen MR) is 185 cm³/mol. The Morgan fingerprint density at radius 3 is 1.57 bits per heavy atom. The van der Waals surface area contributed by atoms with Crippen LogP contribution in [0.3, 0.4) is 0 Å². The molecule has 2 aromatic heterocycles. The maximum Gasteiger partial charge on any atom is 0.0904 e. The molecule has 0 radical (unpaired) electrons. The molecule has 0 aliphatic heterocycles. The third-order valence-electron chi connectivity index (χ3n) is 9.29. The van der Waals surface area contributed by atoms with Gasteiger partial charge in [0.05, 0.1) is 37.7 Å². The molecule has 4 aromatic rings. The second kappa shape index (κ2) is 18.7. The van der Waals surface area contributed by atoms with Gasteiger partial charge in [0.2, 0.25) is 0 Å². The Morgan fingerprint density at radius 1 is 0.674 bits per heavy atom. The van der Waals surface area contributed by atoms with Crippen LogP contribution in [-0.4, -0.2) is 56.9 Å². The van der Waals surface area contributed by atoms with Gasteiger partial charge in [-0.15, -0.1) is 10.2 Å². The Labute approximate surface area is 276 Å². The van der Waals surface area contributed by atoms with Crippen molar-refractivity contribution in [3.05, 3.63) is 95.6 Å². The minimum absolute atomic E-state index is 0.287. The van der Waals surface area contributed by atoms with Crippen LogP contribution in [0.1, 0.15) is 101 Å². The Kier molecular flexibility index (Phi) is 14.4. The zero-order valence-corrected chi connectivity index (χ0v) is 29.0. The van der Waals surface area contributed by atoms with E-state index in [4.69, 9.17) is 9.47 Å². The first-order chi connectivity index (χ1) is 22.4. The zero-order valence-electron chi connectivity index (χ0n) is 29.0. The molecule has 250 valence electrons. The number of methoxy groups -OCH3 is 1. The van der Waals surface area contributed by atoms with Crippen LogP contribution in [0.25, 0.3) is 0 Å². The van der Waals surface area contributed by atoms with Gasteiger partial charge in [0.15, 0.2) is 0 Å². The lowest BCUT2D eigenvalue weighted by Gasteiger charge is -2.27. The van der Waals surface area contributed by atoms with Crippen molar-refractivity contribution in [3.63, 3.8) is 0 Å². The summed E-state index contributed by atoms with van der Waals surface area (Å²) in [5, 5.41) is 17.3. The maximum absolute atomic E-state index is 5.96. The largest absolute Gasteiger partial charge is 0.383 e. The summed E-state index contributed by atoms with van der Waals surface area (Å²) in [5.41, 5.74) is 4.67. The van der Waals surface area contributed by atoms with Crippen molar-refractivity contribution in [2.45, 2.75) is 91.6 Å². The summed E-state index contributed by atoms with van der Waals surface area (Å²) in [5.74, 6) is 3.24. The van der Waals surface area contributed by atoms with E-state index >= 15 is 0 Å². The fourth-order valence-electron chi connectivity index (χ4n) is 6.64. The van der Waals surface area contributed by atoms with E-state index in [-0.39, 0.29) is 11.8 Å². The molecule has 2 aromatic carbocycles. The van der Waals surface area contributed by atoms with Gasteiger partial charge in [-0.3, -0.25) is 0 Å². The minimum Gasteiger partial charge on any atom is -0.383 e. The highest BCUT2D eigenvalue weighted by Crippen LogP contribution is 2.32. The van der Waals surface area contributed by atoms with Crippen LogP contribution in [0.15, 0.2) is 73.1 Å². The van der Waals surface area contributed by atoms with Gasteiger partial charge >= 0.3 is 0 Å². The maximum atomic E-state index is 5.96. The normalized spacial score (nSPS) is 17.9. The molecule has 0 saturated heterocycles. The fraction of sp³-hybridized carbons (Fsp3) is 0.579. The van der Waals surface area contributed by atoms with Crippen LogP contribution >= 0.6 is 0 Å². The SMILES string of the molecule is CCC1CCC(COCCn2cc(C(c3ccccc3)C(C)C)nn2)CC1.COCCn1cc(C(c2ccccc2)C(C)C)nn1. The number of hydrogen-bond acceptors (Lipinski definition) is 6. The summed E-state index contributed by atoms with van der Waals surface area (Å²) < 4.78 is 14.8. The number of ether oxygens (including phenoxy) is 2. The van der Waals surface area contributed by atoms with E-state index in [9.17, 15) is 0 Å². The Hall–Kier alpha value is -3.36. The van der Waals surface area contributed by atoms with Gasteiger partial charge < -0.3 is 9.47 Å². The average Bonchev–Trinajstić information content (AvgIpc) is 3.73. The van der Waals surface area contributed by atoms with Crippen LogP contribution in [0.4, 0.5) is 0 Å². The summed E-state index contributed by atoms with van der Waals surface area (Å²) in [6, 6.07) is 21.1. The van der Waals surface area contributed by atoms with Crippen LogP contribution in [-0.2, 0) is 22.6 Å². The molecule has 8 nitrogen and oxygen atoms in total. The van der Waals surface area contributed by atoms with Gasteiger partial charge in [0.25, 0.3) is 0 Å². The Bertz CT molecular complexity index is 1360. The molecule has 2 atom stereocenters. The lowest BCUT2D eigenvalue weighted by Crippen LogP contribution is -2.19. The monoisotopic (exact) mass is 628 g/mol. The van der Waals surface area contributed by atoms with Gasteiger partial charge in [-0.1, -0.05) is 125 Å². The molecule has 0 bridgehead atoms. The molecular formula is C38H56N6O2. The summed E-state index contributed by atoms with van der Waals surface area (Å²) in [4.78, 5) is 0. The first kappa shape index (κ1) is 35.5. The molecule has 1 fully saturated rings. The van der Waals surface area contributed by atoms with E-state index in [1.807, 2.05) is 21.6 Å². The Morgan fingerprint density at radius 2 is 1.13 bits per heavy atom. The third kappa shape index (κ3) is 10.6.